The molecule has 1 aromatic carbocycles. The molecule has 1 aliphatic rings. The normalized spacial score (nSPS) is 21.2. The van der Waals surface area contributed by atoms with Gasteiger partial charge in [-0.1, -0.05) is 6.07 Å². The average Bonchev–Trinajstić information content (AvgIpc) is 2.87. The van der Waals surface area contributed by atoms with Gasteiger partial charge in [-0.15, -0.1) is 0 Å². The van der Waals surface area contributed by atoms with Crippen LogP contribution in [0.5, 0.6) is 0 Å². The van der Waals surface area contributed by atoms with Gasteiger partial charge in [0.15, 0.2) is 9.84 Å². The predicted octanol–water partition coefficient (Wildman–Crippen LogP) is 0.202. The Morgan fingerprint density at radius 1 is 1.25 bits per heavy atom. The SMILES string of the molecule is CS(=O)(=O)c1cccc(S(=O)(=O)N2CCC[C@H]2CN)c1. The summed E-state index contributed by atoms with van der Waals surface area (Å²) in [5, 5.41) is 0. The van der Waals surface area contributed by atoms with Crippen molar-refractivity contribution in [2.24, 2.45) is 5.73 Å². The summed E-state index contributed by atoms with van der Waals surface area (Å²) in [5.74, 6) is 0. The molecule has 1 fully saturated rings. The second-order valence-corrected chi connectivity index (χ2v) is 8.80. The van der Waals surface area contributed by atoms with Crippen LogP contribution in [0.1, 0.15) is 12.8 Å². The number of benzene rings is 1. The highest BCUT2D eigenvalue weighted by Gasteiger charge is 2.34. The van der Waals surface area contributed by atoms with Gasteiger partial charge in [-0.2, -0.15) is 4.31 Å². The highest BCUT2D eigenvalue weighted by atomic mass is 32.2. The molecule has 0 aromatic heterocycles. The van der Waals surface area contributed by atoms with Crippen LogP contribution in [0.15, 0.2) is 34.1 Å². The van der Waals surface area contributed by atoms with Crippen molar-refractivity contribution in [1.29, 1.82) is 0 Å². The maximum absolute atomic E-state index is 12.6. The van der Waals surface area contributed by atoms with Crippen molar-refractivity contribution >= 4 is 19.9 Å². The number of nitrogens with zero attached hydrogens (tertiary/aromatic N) is 1. The quantitative estimate of drug-likeness (QED) is 0.855. The van der Waals surface area contributed by atoms with Gasteiger partial charge < -0.3 is 5.73 Å². The van der Waals surface area contributed by atoms with Crippen LogP contribution in [0.4, 0.5) is 0 Å². The number of hydrogen-bond acceptors (Lipinski definition) is 5. The zero-order valence-electron chi connectivity index (χ0n) is 11.2. The van der Waals surface area contributed by atoms with Gasteiger partial charge in [0.1, 0.15) is 0 Å². The van der Waals surface area contributed by atoms with Crippen LogP contribution in [0.3, 0.4) is 0 Å². The van der Waals surface area contributed by atoms with Gasteiger partial charge in [-0.3, -0.25) is 0 Å². The summed E-state index contributed by atoms with van der Waals surface area (Å²) in [6.45, 7) is 0.693. The molecule has 2 N–H and O–H groups in total. The Hall–Kier alpha value is -0.960. The molecule has 112 valence electrons. The number of sulfonamides is 1. The summed E-state index contributed by atoms with van der Waals surface area (Å²) in [7, 11) is -7.13. The van der Waals surface area contributed by atoms with Crippen LogP contribution in [-0.4, -0.2) is 46.5 Å². The fourth-order valence-corrected chi connectivity index (χ4v) is 4.85. The molecular formula is C12H18N2O4S2. The third-order valence-electron chi connectivity index (χ3n) is 3.44. The Bertz CT molecular complexity index is 698. The maximum Gasteiger partial charge on any atom is 0.243 e. The van der Waals surface area contributed by atoms with Gasteiger partial charge in [-0.05, 0) is 31.0 Å². The fourth-order valence-electron chi connectivity index (χ4n) is 2.36. The first-order chi connectivity index (χ1) is 9.26. The molecule has 0 unspecified atom stereocenters. The molecule has 0 amide bonds. The monoisotopic (exact) mass is 318 g/mol. The van der Waals surface area contributed by atoms with E-state index in [9.17, 15) is 16.8 Å². The van der Waals surface area contributed by atoms with E-state index in [0.717, 1.165) is 19.1 Å². The molecule has 0 aliphatic carbocycles. The topological polar surface area (TPSA) is 97.5 Å². The average molecular weight is 318 g/mol. The Morgan fingerprint density at radius 2 is 1.90 bits per heavy atom. The largest absolute Gasteiger partial charge is 0.329 e. The third kappa shape index (κ3) is 2.88. The van der Waals surface area contributed by atoms with Crippen LogP contribution in [0.2, 0.25) is 0 Å². The maximum atomic E-state index is 12.6. The van der Waals surface area contributed by atoms with Gasteiger partial charge in [0.05, 0.1) is 9.79 Å². The van der Waals surface area contributed by atoms with Crippen molar-refractivity contribution in [1.82, 2.24) is 4.31 Å². The number of sulfone groups is 1. The minimum atomic E-state index is -3.69. The van der Waals surface area contributed by atoms with E-state index in [2.05, 4.69) is 0 Å². The van der Waals surface area contributed by atoms with E-state index in [-0.39, 0.29) is 22.4 Å². The van der Waals surface area contributed by atoms with E-state index >= 15 is 0 Å². The van der Waals surface area contributed by atoms with Crippen LogP contribution < -0.4 is 5.73 Å². The molecule has 1 heterocycles. The van der Waals surface area contributed by atoms with Crippen molar-refractivity contribution in [2.75, 3.05) is 19.3 Å². The Morgan fingerprint density at radius 3 is 2.50 bits per heavy atom. The molecule has 2 rings (SSSR count). The summed E-state index contributed by atoms with van der Waals surface area (Å²) < 4.78 is 49.5. The summed E-state index contributed by atoms with van der Waals surface area (Å²) in [5.41, 5.74) is 5.60. The fraction of sp³-hybridized carbons (Fsp3) is 0.500. The van der Waals surface area contributed by atoms with E-state index in [1.54, 1.807) is 0 Å². The Balaban J connectivity index is 2.45. The Kier molecular flexibility index (Phi) is 4.19. The van der Waals surface area contributed by atoms with E-state index < -0.39 is 19.9 Å². The van der Waals surface area contributed by atoms with Gasteiger partial charge in [0.25, 0.3) is 0 Å². The molecule has 0 radical (unpaired) electrons. The lowest BCUT2D eigenvalue weighted by molar-refractivity contribution is 0.393. The lowest BCUT2D eigenvalue weighted by Crippen LogP contribution is -2.39. The molecule has 1 aliphatic heterocycles. The van der Waals surface area contributed by atoms with Crippen molar-refractivity contribution in [3.8, 4) is 0 Å². The predicted molar refractivity (Wildman–Crippen MR) is 75.5 cm³/mol. The molecule has 1 aromatic rings. The van der Waals surface area contributed by atoms with Crippen LogP contribution in [-0.2, 0) is 19.9 Å². The third-order valence-corrected chi connectivity index (χ3v) is 6.49. The molecule has 0 saturated carbocycles. The zero-order chi connectivity index (χ0) is 15.0. The lowest BCUT2D eigenvalue weighted by atomic mass is 10.2. The van der Waals surface area contributed by atoms with Crippen molar-refractivity contribution < 1.29 is 16.8 Å². The first-order valence-electron chi connectivity index (χ1n) is 6.29. The molecule has 1 saturated heterocycles. The number of nitrogens with two attached hydrogens (primary N) is 1. The van der Waals surface area contributed by atoms with Gasteiger partial charge in [0.2, 0.25) is 10.0 Å². The second kappa shape index (κ2) is 5.44. The summed E-state index contributed by atoms with van der Waals surface area (Å²) in [6, 6.07) is 5.24. The van der Waals surface area contributed by atoms with E-state index in [1.807, 2.05) is 0 Å². The minimum absolute atomic E-state index is 0.000718. The summed E-state index contributed by atoms with van der Waals surface area (Å²) >= 11 is 0. The molecule has 6 nitrogen and oxygen atoms in total. The minimum Gasteiger partial charge on any atom is -0.329 e. The first kappa shape index (κ1) is 15.4. The number of hydrogen-bond donors (Lipinski definition) is 1. The summed E-state index contributed by atoms with van der Waals surface area (Å²) in [4.78, 5) is 0.00263. The highest BCUT2D eigenvalue weighted by Crippen LogP contribution is 2.26. The first-order valence-corrected chi connectivity index (χ1v) is 9.62. The van der Waals surface area contributed by atoms with E-state index in [4.69, 9.17) is 5.73 Å². The standard InChI is InChI=1S/C12H18N2O4S2/c1-19(15,16)11-5-2-6-12(8-11)20(17,18)14-7-3-4-10(14)9-13/h2,5-6,8,10H,3-4,7,9,13H2,1H3/t10-/m0/s1. The molecule has 0 bridgehead atoms. The summed E-state index contributed by atoms with van der Waals surface area (Å²) in [6.07, 6.45) is 2.56. The van der Waals surface area contributed by atoms with Crippen LogP contribution in [0, 0.1) is 0 Å². The van der Waals surface area contributed by atoms with Gasteiger partial charge >= 0.3 is 0 Å². The van der Waals surface area contributed by atoms with Gasteiger partial charge in [-0.25, -0.2) is 16.8 Å². The molecule has 0 spiro atoms. The van der Waals surface area contributed by atoms with E-state index in [1.165, 1.54) is 28.6 Å². The lowest BCUT2D eigenvalue weighted by Gasteiger charge is -2.23. The van der Waals surface area contributed by atoms with Crippen LogP contribution in [0.25, 0.3) is 0 Å². The second-order valence-electron chi connectivity index (χ2n) is 4.89. The molecule has 20 heavy (non-hydrogen) atoms. The van der Waals surface area contributed by atoms with Crippen molar-refractivity contribution in [3.63, 3.8) is 0 Å². The zero-order valence-corrected chi connectivity index (χ0v) is 12.8. The van der Waals surface area contributed by atoms with Crippen molar-refractivity contribution in [3.05, 3.63) is 24.3 Å². The molecule has 8 heteroatoms. The van der Waals surface area contributed by atoms with E-state index in [0.29, 0.717) is 6.54 Å². The van der Waals surface area contributed by atoms with Gasteiger partial charge in [0, 0.05) is 25.4 Å². The smallest absolute Gasteiger partial charge is 0.243 e. The highest BCUT2D eigenvalue weighted by molar-refractivity contribution is 7.91. The molecular weight excluding hydrogens is 300 g/mol. The van der Waals surface area contributed by atoms with Crippen molar-refractivity contribution in [2.45, 2.75) is 28.7 Å². The molecule has 1 atom stereocenters. The number of rotatable bonds is 4. The Labute approximate surface area is 119 Å². The van der Waals surface area contributed by atoms with Crippen LogP contribution >= 0.6 is 0 Å².